The van der Waals surface area contributed by atoms with E-state index in [4.69, 9.17) is 20.8 Å². The van der Waals surface area contributed by atoms with Gasteiger partial charge in [-0.05, 0) is 18.6 Å². The third kappa shape index (κ3) is 2.58. The van der Waals surface area contributed by atoms with Crippen LogP contribution in [0, 0.1) is 5.82 Å². The summed E-state index contributed by atoms with van der Waals surface area (Å²) >= 11 is 5.52. The van der Waals surface area contributed by atoms with Crippen LogP contribution in [0.2, 0.25) is 0 Å². The fourth-order valence-corrected chi connectivity index (χ4v) is 1.53. The second kappa shape index (κ2) is 5.19. The molecule has 2 aromatic rings. The van der Waals surface area contributed by atoms with Crippen LogP contribution in [0.5, 0.6) is 5.75 Å². The van der Waals surface area contributed by atoms with Gasteiger partial charge in [-0.15, -0.1) is 11.6 Å². The van der Waals surface area contributed by atoms with Crippen molar-refractivity contribution in [1.82, 2.24) is 0 Å². The lowest BCUT2D eigenvalue weighted by atomic mass is 10.2. The van der Waals surface area contributed by atoms with Gasteiger partial charge in [-0.2, -0.15) is 4.39 Å². The van der Waals surface area contributed by atoms with Gasteiger partial charge in [0, 0.05) is 11.9 Å². The summed E-state index contributed by atoms with van der Waals surface area (Å²) in [5.74, 6) is 0.194. The first-order valence-electron chi connectivity index (χ1n) is 5.12. The van der Waals surface area contributed by atoms with Gasteiger partial charge in [0.05, 0.1) is 12.0 Å². The van der Waals surface area contributed by atoms with Gasteiger partial charge in [-0.25, -0.2) is 0 Å². The quantitative estimate of drug-likeness (QED) is 0.624. The van der Waals surface area contributed by atoms with Gasteiger partial charge in [-0.3, -0.25) is 4.79 Å². The molecule has 1 aromatic heterocycles. The highest BCUT2D eigenvalue weighted by molar-refractivity contribution is 6.17. The molecule has 0 saturated heterocycles. The maximum atomic E-state index is 12.9. The highest BCUT2D eigenvalue weighted by atomic mass is 35.5. The van der Waals surface area contributed by atoms with E-state index in [1.807, 2.05) is 0 Å². The van der Waals surface area contributed by atoms with E-state index in [2.05, 4.69) is 0 Å². The zero-order valence-corrected chi connectivity index (χ0v) is 9.67. The predicted molar refractivity (Wildman–Crippen MR) is 63.3 cm³/mol. The van der Waals surface area contributed by atoms with Gasteiger partial charge in [0.1, 0.15) is 17.6 Å². The van der Waals surface area contributed by atoms with Gasteiger partial charge in [0.25, 0.3) is 0 Å². The summed E-state index contributed by atoms with van der Waals surface area (Å²) in [4.78, 5) is 11.4. The Morgan fingerprint density at radius 2 is 2.24 bits per heavy atom. The number of alkyl halides is 1. The summed E-state index contributed by atoms with van der Waals surface area (Å²) in [5, 5.41) is 0.203. The lowest BCUT2D eigenvalue weighted by Gasteiger charge is -2.05. The Bertz CT molecular complexity index is 579. The van der Waals surface area contributed by atoms with Crippen molar-refractivity contribution in [3.8, 4) is 5.75 Å². The molecule has 0 aliphatic rings. The fourth-order valence-electron chi connectivity index (χ4n) is 1.42. The van der Waals surface area contributed by atoms with Crippen molar-refractivity contribution in [3.05, 3.63) is 40.5 Å². The Morgan fingerprint density at radius 1 is 1.41 bits per heavy atom. The van der Waals surface area contributed by atoms with Crippen LogP contribution >= 0.6 is 11.6 Å². The lowest BCUT2D eigenvalue weighted by Crippen LogP contribution is -2.05. The van der Waals surface area contributed by atoms with E-state index < -0.39 is 11.2 Å². The molecule has 0 bridgehead atoms. The van der Waals surface area contributed by atoms with Crippen molar-refractivity contribution in [2.24, 2.45) is 0 Å². The Kier molecular flexibility index (Phi) is 3.64. The minimum Gasteiger partial charge on any atom is -0.493 e. The number of rotatable bonds is 4. The van der Waals surface area contributed by atoms with Crippen molar-refractivity contribution >= 4 is 22.6 Å². The smallest absolute Gasteiger partial charge is 0.228 e. The van der Waals surface area contributed by atoms with Gasteiger partial charge in [0.2, 0.25) is 11.2 Å². The molecule has 17 heavy (non-hydrogen) atoms. The van der Waals surface area contributed by atoms with E-state index in [9.17, 15) is 9.18 Å². The van der Waals surface area contributed by atoms with Crippen LogP contribution in [-0.2, 0) is 0 Å². The van der Waals surface area contributed by atoms with Crippen LogP contribution in [0.15, 0.2) is 33.7 Å². The molecule has 0 N–H and O–H groups in total. The van der Waals surface area contributed by atoms with E-state index >= 15 is 0 Å². The van der Waals surface area contributed by atoms with Crippen LogP contribution in [0.1, 0.15) is 6.42 Å². The van der Waals surface area contributed by atoms with Gasteiger partial charge >= 0.3 is 0 Å². The van der Waals surface area contributed by atoms with Crippen LogP contribution in [0.4, 0.5) is 4.39 Å². The molecular weight excluding hydrogens is 247 g/mol. The Morgan fingerprint density at radius 3 is 3.00 bits per heavy atom. The van der Waals surface area contributed by atoms with E-state index in [1.165, 1.54) is 6.07 Å². The van der Waals surface area contributed by atoms with E-state index in [1.54, 1.807) is 12.1 Å². The molecule has 0 unspecified atom stereocenters. The summed E-state index contributed by atoms with van der Waals surface area (Å²) in [5.41, 5.74) is -0.363. The molecule has 0 spiro atoms. The van der Waals surface area contributed by atoms with Crippen molar-refractivity contribution in [1.29, 1.82) is 0 Å². The average Bonchev–Trinajstić information content (AvgIpc) is 2.34. The molecule has 0 radical (unpaired) electrons. The molecule has 2 rings (SSSR count). The topological polar surface area (TPSA) is 39.4 Å². The number of hydrogen-bond donors (Lipinski definition) is 0. The molecule has 0 aliphatic heterocycles. The van der Waals surface area contributed by atoms with Crippen molar-refractivity contribution in [3.63, 3.8) is 0 Å². The van der Waals surface area contributed by atoms with E-state index in [0.29, 0.717) is 23.8 Å². The number of halogens is 2. The molecule has 0 atom stereocenters. The van der Waals surface area contributed by atoms with Crippen molar-refractivity contribution < 1.29 is 13.5 Å². The maximum Gasteiger partial charge on any atom is 0.228 e. The minimum absolute atomic E-state index is 0.203. The third-order valence-corrected chi connectivity index (χ3v) is 2.52. The lowest BCUT2D eigenvalue weighted by molar-refractivity contribution is 0.318. The first-order chi connectivity index (χ1) is 8.22. The molecule has 0 aliphatic carbocycles. The second-order valence-corrected chi connectivity index (χ2v) is 3.84. The summed E-state index contributed by atoms with van der Waals surface area (Å²) in [7, 11) is 0. The van der Waals surface area contributed by atoms with Crippen LogP contribution in [0.25, 0.3) is 11.0 Å². The molecule has 0 fully saturated rings. The van der Waals surface area contributed by atoms with Crippen molar-refractivity contribution in [2.45, 2.75) is 6.42 Å². The molecule has 1 heterocycles. The minimum atomic E-state index is -0.895. The maximum absolute atomic E-state index is 12.9. The first-order valence-corrected chi connectivity index (χ1v) is 5.65. The SMILES string of the molecule is O=c1c(F)coc2cc(OCCCCl)ccc12. The zero-order chi connectivity index (χ0) is 12.3. The van der Waals surface area contributed by atoms with Gasteiger partial charge < -0.3 is 9.15 Å². The zero-order valence-electron chi connectivity index (χ0n) is 8.91. The Labute approximate surface area is 102 Å². The Hall–Kier alpha value is -1.55. The van der Waals surface area contributed by atoms with Gasteiger partial charge in [-0.1, -0.05) is 0 Å². The number of benzene rings is 1. The fraction of sp³-hybridized carbons (Fsp3) is 0.250. The first kappa shape index (κ1) is 11.9. The molecular formula is C12H10ClFO3. The summed E-state index contributed by atoms with van der Waals surface area (Å²) in [6.07, 6.45) is 1.53. The normalized spacial score (nSPS) is 10.7. The van der Waals surface area contributed by atoms with Crippen molar-refractivity contribution in [2.75, 3.05) is 12.5 Å². The largest absolute Gasteiger partial charge is 0.493 e. The predicted octanol–water partition coefficient (Wildman–Crippen LogP) is 2.94. The highest BCUT2D eigenvalue weighted by Gasteiger charge is 2.07. The molecule has 5 heteroatoms. The summed E-state index contributed by atoms with van der Waals surface area (Å²) in [6.45, 7) is 0.487. The van der Waals surface area contributed by atoms with Crippen LogP contribution < -0.4 is 10.2 Å². The molecule has 1 aromatic carbocycles. The van der Waals surface area contributed by atoms with E-state index in [0.717, 1.165) is 12.7 Å². The average molecular weight is 257 g/mol. The number of fused-ring (bicyclic) bond motifs is 1. The van der Waals surface area contributed by atoms with Gasteiger partial charge in [0.15, 0.2) is 0 Å². The molecule has 90 valence electrons. The molecule has 3 nitrogen and oxygen atoms in total. The monoisotopic (exact) mass is 256 g/mol. The second-order valence-electron chi connectivity index (χ2n) is 3.46. The molecule has 0 amide bonds. The van der Waals surface area contributed by atoms with Crippen LogP contribution in [-0.4, -0.2) is 12.5 Å². The highest BCUT2D eigenvalue weighted by Crippen LogP contribution is 2.19. The van der Waals surface area contributed by atoms with E-state index in [-0.39, 0.29) is 5.39 Å². The Balaban J connectivity index is 2.32. The summed E-state index contributed by atoms with van der Waals surface area (Å²) in [6, 6.07) is 4.65. The third-order valence-electron chi connectivity index (χ3n) is 2.25. The number of hydrogen-bond acceptors (Lipinski definition) is 3. The standard InChI is InChI=1S/C12H10ClFO3/c13-4-1-5-16-8-2-3-9-11(6-8)17-7-10(14)12(9)15/h2-3,6-7H,1,4-5H2. The number of ether oxygens (including phenoxy) is 1. The van der Waals surface area contributed by atoms with Crippen LogP contribution in [0.3, 0.4) is 0 Å². The molecule has 0 saturated carbocycles. The summed E-state index contributed by atoms with van der Waals surface area (Å²) < 4.78 is 23.3.